The minimum atomic E-state index is -0.364. The van der Waals surface area contributed by atoms with Gasteiger partial charge in [0.15, 0.2) is 0 Å². The zero-order valence-corrected chi connectivity index (χ0v) is 12.4. The van der Waals surface area contributed by atoms with Crippen LogP contribution in [0.25, 0.3) is 5.69 Å². The van der Waals surface area contributed by atoms with Gasteiger partial charge >= 0.3 is 6.03 Å². The number of anilines is 1. The molecule has 0 spiro atoms. The van der Waals surface area contributed by atoms with E-state index < -0.39 is 0 Å². The molecule has 0 saturated carbocycles. The van der Waals surface area contributed by atoms with Gasteiger partial charge in [-0.2, -0.15) is 0 Å². The van der Waals surface area contributed by atoms with Gasteiger partial charge in [-0.25, -0.2) is 9.18 Å². The Labute approximate surface area is 133 Å². The highest BCUT2D eigenvalue weighted by molar-refractivity contribution is 5.90. The average molecular weight is 315 g/mol. The maximum Gasteiger partial charge on any atom is 0.319 e. The van der Waals surface area contributed by atoms with E-state index >= 15 is 0 Å². The average Bonchev–Trinajstić information content (AvgIpc) is 3.20. The third-order valence-electron chi connectivity index (χ3n) is 3.81. The van der Waals surface area contributed by atoms with Crippen molar-refractivity contribution in [3.8, 4) is 5.69 Å². The first kappa shape index (κ1) is 15.3. The molecule has 1 aliphatic carbocycles. The summed E-state index contributed by atoms with van der Waals surface area (Å²) in [5, 5.41) is 14.6. The van der Waals surface area contributed by atoms with Gasteiger partial charge in [0, 0.05) is 36.6 Å². The molecule has 23 heavy (non-hydrogen) atoms. The molecule has 3 N–H and O–H groups in total. The van der Waals surface area contributed by atoms with Crippen LogP contribution in [0.1, 0.15) is 6.42 Å². The highest BCUT2D eigenvalue weighted by Gasteiger charge is 2.19. The number of carbonyl (C=O) groups is 1. The second-order valence-electron chi connectivity index (χ2n) is 5.52. The van der Waals surface area contributed by atoms with Gasteiger partial charge < -0.3 is 20.3 Å². The second-order valence-corrected chi connectivity index (χ2v) is 5.52. The third kappa shape index (κ3) is 3.60. The van der Waals surface area contributed by atoms with Crippen molar-refractivity contribution >= 4 is 11.7 Å². The van der Waals surface area contributed by atoms with Crippen LogP contribution in [-0.2, 0) is 0 Å². The Kier molecular flexibility index (Phi) is 4.43. The molecule has 0 saturated heterocycles. The van der Waals surface area contributed by atoms with E-state index in [1.165, 1.54) is 12.1 Å². The Hall–Kier alpha value is -2.60. The highest BCUT2D eigenvalue weighted by atomic mass is 19.1. The molecular weight excluding hydrogens is 297 g/mol. The number of aliphatic hydroxyl groups excluding tert-OH is 1. The lowest BCUT2D eigenvalue weighted by Crippen LogP contribution is -2.36. The first-order valence-corrected chi connectivity index (χ1v) is 7.45. The molecule has 2 amide bonds. The molecule has 1 aromatic carbocycles. The number of benzene rings is 1. The molecule has 0 radical (unpaired) electrons. The fraction of sp³-hybridized carbons (Fsp3) is 0.235. The smallest absolute Gasteiger partial charge is 0.319 e. The van der Waals surface area contributed by atoms with Crippen LogP contribution >= 0.6 is 0 Å². The Balaban J connectivity index is 1.65. The summed E-state index contributed by atoms with van der Waals surface area (Å²) in [7, 11) is 0. The molecule has 6 heteroatoms. The molecule has 120 valence electrons. The van der Waals surface area contributed by atoms with Gasteiger partial charge in [0.1, 0.15) is 5.82 Å². The van der Waals surface area contributed by atoms with Crippen molar-refractivity contribution in [3.63, 3.8) is 0 Å². The quantitative estimate of drug-likeness (QED) is 0.760. The fourth-order valence-electron chi connectivity index (χ4n) is 2.64. The standard InChI is InChI=1S/C17H18FN3O2/c18-15-6-5-14(10-16(15)21-7-1-2-8-21)20-17(23)19-13-4-3-12(9-13)11-22/h1-8,10,12-13,22H,9,11H2,(H2,19,20,23)/t12-,13+/m0/s1. The van der Waals surface area contributed by atoms with E-state index in [2.05, 4.69) is 10.6 Å². The summed E-state index contributed by atoms with van der Waals surface area (Å²) in [6, 6.07) is 7.56. The second kappa shape index (κ2) is 6.66. The van der Waals surface area contributed by atoms with E-state index in [0.29, 0.717) is 17.8 Å². The molecule has 1 heterocycles. The zero-order valence-electron chi connectivity index (χ0n) is 12.4. The van der Waals surface area contributed by atoms with Crippen LogP contribution in [0.5, 0.6) is 0 Å². The number of hydrogen-bond donors (Lipinski definition) is 3. The number of aliphatic hydroxyl groups is 1. The first-order valence-electron chi connectivity index (χ1n) is 7.45. The van der Waals surface area contributed by atoms with Crippen molar-refractivity contribution in [2.75, 3.05) is 11.9 Å². The van der Waals surface area contributed by atoms with Crippen molar-refractivity contribution in [3.05, 3.63) is 60.7 Å². The van der Waals surface area contributed by atoms with E-state index in [-0.39, 0.29) is 30.4 Å². The zero-order chi connectivity index (χ0) is 16.2. The molecule has 0 bridgehead atoms. The Morgan fingerprint density at radius 3 is 2.78 bits per heavy atom. The lowest BCUT2D eigenvalue weighted by molar-refractivity contribution is 0.238. The molecule has 0 fully saturated rings. The molecule has 0 aliphatic heterocycles. The predicted octanol–water partition coefficient (Wildman–Crippen LogP) is 2.67. The van der Waals surface area contributed by atoms with Crippen LogP contribution in [0.2, 0.25) is 0 Å². The van der Waals surface area contributed by atoms with Crippen LogP contribution in [0.3, 0.4) is 0 Å². The van der Waals surface area contributed by atoms with Crippen LogP contribution in [0, 0.1) is 11.7 Å². The molecule has 1 aliphatic rings. The molecule has 0 unspecified atom stereocenters. The van der Waals surface area contributed by atoms with Crippen LogP contribution in [0.15, 0.2) is 54.9 Å². The van der Waals surface area contributed by atoms with Crippen LogP contribution in [0.4, 0.5) is 14.9 Å². The van der Waals surface area contributed by atoms with Crippen LogP contribution in [-0.4, -0.2) is 28.4 Å². The van der Waals surface area contributed by atoms with E-state index in [4.69, 9.17) is 5.11 Å². The monoisotopic (exact) mass is 315 g/mol. The third-order valence-corrected chi connectivity index (χ3v) is 3.81. The van der Waals surface area contributed by atoms with Gasteiger partial charge in [-0.1, -0.05) is 12.2 Å². The highest BCUT2D eigenvalue weighted by Crippen LogP contribution is 2.20. The molecule has 2 aromatic rings. The fourth-order valence-corrected chi connectivity index (χ4v) is 2.64. The normalized spacial score (nSPS) is 19.7. The van der Waals surface area contributed by atoms with Crippen molar-refractivity contribution in [2.24, 2.45) is 5.92 Å². The summed E-state index contributed by atoms with van der Waals surface area (Å²) >= 11 is 0. The molecule has 3 rings (SSSR count). The summed E-state index contributed by atoms with van der Waals surface area (Å²) in [6.07, 6.45) is 7.92. The Morgan fingerprint density at radius 2 is 2.09 bits per heavy atom. The summed E-state index contributed by atoms with van der Waals surface area (Å²) in [6.45, 7) is 0.0779. The number of nitrogens with zero attached hydrogens (tertiary/aromatic N) is 1. The maximum atomic E-state index is 13.9. The topological polar surface area (TPSA) is 66.3 Å². The predicted molar refractivity (Wildman–Crippen MR) is 86.0 cm³/mol. The molecule has 5 nitrogen and oxygen atoms in total. The number of urea groups is 1. The van der Waals surface area contributed by atoms with Crippen molar-refractivity contribution in [2.45, 2.75) is 12.5 Å². The Bertz CT molecular complexity index is 713. The largest absolute Gasteiger partial charge is 0.396 e. The minimum absolute atomic E-state index is 0.0779. The van der Waals surface area contributed by atoms with Crippen molar-refractivity contribution in [1.82, 2.24) is 9.88 Å². The number of hydrogen-bond acceptors (Lipinski definition) is 2. The van der Waals surface area contributed by atoms with Crippen molar-refractivity contribution in [1.29, 1.82) is 0 Å². The lowest BCUT2D eigenvalue weighted by atomic mass is 10.1. The van der Waals surface area contributed by atoms with Gasteiger partial charge in [-0.05, 0) is 36.8 Å². The van der Waals surface area contributed by atoms with Gasteiger partial charge in [0.2, 0.25) is 0 Å². The molecule has 1 aromatic heterocycles. The summed E-state index contributed by atoms with van der Waals surface area (Å²) in [5.41, 5.74) is 0.877. The Morgan fingerprint density at radius 1 is 1.30 bits per heavy atom. The summed E-state index contributed by atoms with van der Waals surface area (Å²) in [5.74, 6) is -0.275. The van der Waals surface area contributed by atoms with E-state index in [0.717, 1.165) is 0 Å². The lowest BCUT2D eigenvalue weighted by Gasteiger charge is -2.14. The van der Waals surface area contributed by atoms with E-state index in [1.807, 2.05) is 12.2 Å². The van der Waals surface area contributed by atoms with E-state index in [9.17, 15) is 9.18 Å². The number of amides is 2. The number of nitrogens with one attached hydrogen (secondary N) is 2. The van der Waals surface area contributed by atoms with Gasteiger partial charge in [-0.15, -0.1) is 0 Å². The number of carbonyl (C=O) groups excluding carboxylic acids is 1. The SMILES string of the molecule is O=C(Nc1ccc(F)c(-n2cccc2)c1)N[C@@H]1C=C[C@H](CO)C1. The summed E-state index contributed by atoms with van der Waals surface area (Å²) < 4.78 is 15.5. The van der Waals surface area contributed by atoms with Gasteiger partial charge in [0.25, 0.3) is 0 Å². The summed E-state index contributed by atoms with van der Waals surface area (Å²) in [4.78, 5) is 12.0. The number of halogens is 1. The number of aromatic nitrogens is 1. The van der Waals surface area contributed by atoms with Crippen molar-refractivity contribution < 1.29 is 14.3 Å². The van der Waals surface area contributed by atoms with Gasteiger partial charge in [0.05, 0.1) is 5.69 Å². The first-order chi connectivity index (χ1) is 11.2. The van der Waals surface area contributed by atoms with E-state index in [1.54, 1.807) is 35.2 Å². The maximum absolute atomic E-state index is 13.9. The minimum Gasteiger partial charge on any atom is -0.396 e. The van der Waals surface area contributed by atoms with Gasteiger partial charge in [-0.3, -0.25) is 0 Å². The molecular formula is C17H18FN3O2. The molecule has 2 atom stereocenters. The van der Waals surface area contributed by atoms with Crippen LogP contribution < -0.4 is 10.6 Å². The number of rotatable bonds is 4.